The smallest absolute Gasteiger partial charge is 0.130 e. The first-order valence-corrected chi connectivity index (χ1v) is 9.84. The number of nitrogens with zero attached hydrogens (tertiary/aromatic N) is 2. The first kappa shape index (κ1) is 26.0. The lowest BCUT2D eigenvalue weighted by molar-refractivity contribution is -0.0979. The second kappa shape index (κ2) is 13.3. The fourth-order valence-corrected chi connectivity index (χ4v) is 3.22. The van der Waals surface area contributed by atoms with E-state index in [4.69, 9.17) is 16.3 Å². The number of carbonyl (C=O) groups excluding carboxylic acids is 1. The summed E-state index contributed by atoms with van der Waals surface area (Å²) in [6, 6.07) is 13.7. The summed E-state index contributed by atoms with van der Waals surface area (Å²) >= 11 is 0. The molecule has 3 rings (SSSR count). The van der Waals surface area contributed by atoms with Crippen molar-refractivity contribution in [2.45, 2.75) is 12.5 Å². The standard InChI is InChI=1S/C17H15F2N.C6H15N3.CH2O/c1-20-11-13(15-10-14(18)7-8-16(15)19)9-17(20)12-5-3-2-4-6-12;1-9(2)5-6(8)3-4-7;1-2/h2-10,17H,11H2,1H3;5H,3-4,7-8H2,1-2H3;1H2/b;6-5-;. The molecule has 0 fully saturated rings. The van der Waals surface area contributed by atoms with Crippen molar-refractivity contribution in [2.24, 2.45) is 11.5 Å². The van der Waals surface area contributed by atoms with E-state index in [0.29, 0.717) is 18.7 Å². The number of benzene rings is 2. The van der Waals surface area contributed by atoms with E-state index >= 15 is 0 Å². The number of nitrogens with two attached hydrogens (primary N) is 2. The normalized spacial score (nSPS) is 15.9. The number of rotatable bonds is 5. The molecule has 168 valence electrons. The van der Waals surface area contributed by atoms with Crippen molar-refractivity contribution >= 4 is 12.4 Å². The van der Waals surface area contributed by atoms with Crippen LogP contribution in [-0.2, 0) is 4.79 Å². The molecule has 0 saturated heterocycles. The number of carbonyl (C=O) groups is 1. The van der Waals surface area contributed by atoms with Gasteiger partial charge in [-0.15, -0.1) is 0 Å². The van der Waals surface area contributed by atoms with Crippen molar-refractivity contribution in [2.75, 3.05) is 34.2 Å². The molecule has 1 heterocycles. The molecule has 1 atom stereocenters. The average molecular weight is 431 g/mol. The summed E-state index contributed by atoms with van der Waals surface area (Å²) in [7, 11) is 5.85. The minimum Gasteiger partial charge on any atom is -0.401 e. The van der Waals surface area contributed by atoms with E-state index in [2.05, 4.69) is 4.90 Å². The fourth-order valence-electron chi connectivity index (χ4n) is 3.22. The predicted octanol–water partition coefficient (Wildman–Crippen LogP) is 3.55. The largest absolute Gasteiger partial charge is 0.401 e. The molecule has 0 aromatic heterocycles. The van der Waals surface area contributed by atoms with Gasteiger partial charge >= 0.3 is 0 Å². The monoisotopic (exact) mass is 430 g/mol. The number of halogens is 2. The average Bonchev–Trinajstić information content (AvgIpc) is 3.13. The maximum atomic E-state index is 13.9. The molecule has 5 nitrogen and oxygen atoms in total. The Morgan fingerprint density at radius 2 is 1.84 bits per heavy atom. The van der Waals surface area contributed by atoms with Crippen LogP contribution in [0.25, 0.3) is 5.57 Å². The first-order valence-electron chi connectivity index (χ1n) is 9.84. The summed E-state index contributed by atoms with van der Waals surface area (Å²) in [5, 5.41) is 0. The molecule has 0 bridgehead atoms. The Morgan fingerprint density at radius 1 is 1.19 bits per heavy atom. The van der Waals surface area contributed by atoms with Gasteiger partial charge in [0.15, 0.2) is 0 Å². The molecule has 0 radical (unpaired) electrons. The highest BCUT2D eigenvalue weighted by Gasteiger charge is 2.25. The Morgan fingerprint density at radius 3 is 2.42 bits per heavy atom. The third kappa shape index (κ3) is 8.32. The molecular formula is C24H32F2N4O. The Hall–Kier alpha value is -3.03. The molecule has 2 aromatic carbocycles. The summed E-state index contributed by atoms with van der Waals surface area (Å²) in [5.74, 6) is -0.784. The van der Waals surface area contributed by atoms with Gasteiger partial charge in [0.05, 0.1) is 6.04 Å². The van der Waals surface area contributed by atoms with Crippen molar-refractivity contribution in [3.05, 3.63) is 89.3 Å². The fraction of sp³-hybridized carbons (Fsp3) is 0.292. The van der Waals surface area contributed by atoms with E-state index in [1.54, 1.807) is 0 Å². The molecule has 1 aliphatic rings. The molecule has 0 saturated carbocycles. The minimum atomic E-state index is -0.409. The number of hydrogen-bond acceptors (Lipinski definition) is 5. The molecule has 0 spiro atoms. The van der Waals surface area contributed by atoms with Gasteiger partial charge in [0.1, 0.15) is 18.4 Å². The van der Waals surface area contributed by atoms with E-state index in [-0.39, 0.29) is 11.9 Å². The highest BCUT2D eigenvalue weighted by atomic mass is 19.1. The molecule has 31 heavy (non-hydrogen) atoms. The lowest BCUT2D eigenvalue weighted by Gasteiger charge is -2.19. The number of likely N-dealkylation sites (N-methyl/N-ethyl adjacent to an activating group) is 1. The second-order valence-electron chi connectivity index (χ2n) is 7.29. The lowest BCUT2D eigenvalue weighted by atomic mass is 10.0. The summed E-state index contributed by atoms with van der Waals surface area (Å²) < 4.78 is 27.2. The highest BCUT2D eigenvalue weighted by Crippen LogP contribution is 2.34. The van der Waals surface area contributed by atoms with Gasteiger partial charge in [-0.05, 0) is 42.9 Å². The maximum absolute atomic E-state index is 13.9. The van der Waals surface area contributed by atoms with Gasteiger partial charge in [-0.1, -0.05) is 36.4 Å². The van der Waals surface area contributed by atoms with Crippen LogP contribution in [0.1, 0.15) is 23.6 Å². The van der Waals surface area contributed by atoms with Crippen LogP contribution in [0.2, 0.25) is 0 Å². The van der Waals surface area contributed by atoms with E-state index in [1.807, 2.05) is 75.4 Å². The van der Waals surface area contributed by atoms with Crippen LogP contribution in [0.5, 0.6) is 0 Å². The Labute approximate surface area is 183 Å². The first-order chi connectivity index (χ1) is 14.8. The molecule has 0 amide bonds. The molecule has 2 aromatic rings. The molecule has 4 N–H and O–H groups in total. The third-order valence-electron chi connectivity index (χ3n) is 4.53. The zero-order chi connectivity index (χ0) is 23.4. The van der Waals surface area contributed by atoms with Crippen LogP contribution in [0.15, 0.2) is 66.5 Å². The lowest BCUT2D eigenvalue weighted by Crippen LogP contribution is -2.19. The van der Waals surface area contributed by atoms with Crippen molar-refractivity contribution in [1.82, 2.24) is 9.80 Å². The summed E-state index contributed by atoms with van der Waals surface area (Å²) in [6.45, 7) is 3.23. The summed E-state index contributed by atoms with van der Waals surface area (Å²) in [6.07, 6.45) is 4.65. The summed E-state index contributed by atoms with van der Waals surface area (Å²) in [5.41, 5.74) is 14.0. The topological polar surface area (TPSA) is 75.6 Å². The van der Waals surface area contributed by atoms with Crippen LogP contribution in [0.4, 0.5) is 8.78 Å². The zero-order valence-electron chi connectivity index (χ0n) is 18.4. The summed E-state index contributed by atoms with van der Waals surface area (Å²) in [4.78, 5) is 12.0. The SMILES string of the molecule is C=O.CN(C)/C=C(\N)CCN.CN1CC(c2cc(F)ccc2F)=CC1c1ccccc1. The van der Waals surface area contributed by atoms with E-state index in [1.165, 1.54) is 12.1 Å². The van der Waals surface area contributed by atoms with E-state index in [9.17, 15) is 8.78 Å². The Bertz CT molecular complexity index is 869. The van der Waals surface area contributed by atoms with Crippen LogP contribution in [-0.4, -0.2) is 50.8 Å². The van der Waals surface area contributed by atoms with Gasteiger partial charge in [0, 0.05) is 44.5 Å². The van der Waals surface area contributed by atoms with Crippen molar-refractivity contribution in [3.63, 3.8) is 0 Å². The zero-order valence-corrected chi connectivity index (χ0v) is 18.4. The van der Waals surface area contributed by atoms with Gasteiger partial charge in [-0.25, -0.2) is 8.78 Å². The van der Waals surface area contributed by atoms with Crippen LogP contribution in [0, 0.1) is 11.6 Å². The predicted molar refractivity (Wildman–Crippen MR) is 123 cm³/mol. The van der Waals surface area contributed by atoms with Crippen molar-refractivity contribution in [3.8, 4) is 0 Å². The Kier molecular flexibility index (Phi) is 11.2. The minimum absolute atomic E-state index is 0.105. The molecule has 7 heteroatoms. The Balaban J connectivity index is 0.000000372. The van der Waals surface area contributed by atoms with Crippen LogP contribution < -0.4 is 11.5 Å². The molecule has 1 aliphatic heterocycles. The molecule has 0 aliphatic carbocycles. The maximum Gasteiger partial charge on any atom is 0.130 e. The van der Waals surface area contributed by atoms with Gasteiger partial charge < -0.3 is 21.2 Å². The van der Waals surface area contributed by atoms with Gasteiger partial charge in [-0.2, -0.15) is 0 Å². The van der Waals surface area contributed by atoms with Gasteiger partial charge in [-0.3, -0.25) is 4.90 Å². The molecular weight excluding hydrogens is 398 g/mol. The van der Waals surface area contributed by atoms with E-state index < -0.39 is 5.82 Å². The van der Waals surface area contributed by atoms with Crippen molar-refractivity contribution < 1.29 is 13.6 Å². The van der Waals surface area contributed by atoms with Crippen molar-refractivity contribution in [1.29, 1.82) is 0 Å². The quantitative estimate of drug-likeness (QED) is 0.759. The highest BCUT2D eigenvalue weighted by molar-refractivity contribution is 5.70. The van der Waals surface area contributed by atoms with Crippen LogP contribution in [0.3, 0.4) is 0 Å². The van der Waals surface area contributed by atoms with Crippen LogP contribution >= 0.6 is 0 Å². The van der Waals surface area contributed by atoms with Gasteiger partial charge in [0.25, 0.3) is 0 Å². The number of hydrogen-bond donors (Lipinski definition) is 2. The third-order valence-corrected chi connectivity index (χ3v) is 4.53. The second-order valence-corrected chi connectivity index (χ2v) is 7.29. The molecule has 1 unspecified atom stereocenters. The van der Waals surface area contributed by atoms with E-state index in [0.717, 1.165) is 29.3 Å². The van der Waals surface area contributed by atoms with Gasteiger partial charge in [0.2, 0.25) is 0 Å².